The number of carbonyl (C=O) groups excluding carboxylic acids is 2. The Balaban J connectivity index is 1.59. The van der Waals surface area contributed by atoms with Gasteiger partial charge in [0.15, 0.2) is 0 Å². The Morgan fingerprint density at radius 3 is 2.83 bits per heavy atom. The van der Waals surface area contributed by atoms with Gasteiger partial charge in [0.1, 0.15) is 0 Å². The second-order valence-electron chi connectivity index (χ2n) is 6.73. The Labute approximate surface area is 142 Å². The van der Waals surface area contributed by atoms with Crippen molar-refractivity contribution in [2.75, 3.05) is 32.4 Å². The molecule has 4 nitrogen and oxygen atoms in total. The lowest BCUT2D eigenvalue weighted by molar-refractivity contribution is -0.144. The van der Waals surface area contributed by atoms with Gasteiger partial charge in [-0.05, 0) is 37.8 Å². The van der Waals surface area contributed by atoms with Crippen LogP contribution in [0, 0.1) is 12.3 Å². The Morgan fingerprint density at radius 2 is 2.04 bits per heavy atom. The third-order valence-corrected chi connectivity index (χ3v) is 6.26. The van der Waals surface area contributed by atoms with Crippen LogP contribution in [0.2, 0.25) is 0 Å². The molecule has 0 bridgehead atoms. The molecule has 0 aliphatic carbocycles. The van der Waals surface area contributed by atoms with Crippen LogP contribution >= 0.6 is 11.8 Å². The molecule has 5 heteroatoms. The highest BCUT2D eigenvalue weighted by atomic mass is 32.2. The van der Waals surface area contributed by atoms with Crippen LogP contribution in [0.4, 0.5) is 0 Å². The van der Waals surface area contributed by atoms with Crippen molar-refractivity contribution in [1.82, 2.24) is 9.80 Å². The van der Waals surface area contributed by atoms with E-state index >= 15 is 0 Å². The van der Waals surface area contributed by atoms with Gasteiger partial charge < -0.3 is 9.80 Å². The Kier molecular flexibility index (Phi) is 4.67. The van der Waals surface area contributed by atoms with Gasteiger partial charge in [-0.15, -0.1) is 11.8 Å². The highest BCUT2D eigenvalue weighted by molar-refractivity contribution is 8.00. The first kappa shape index (κ1) is 16.4. The van der Waals surface area contributed by atoms with Crippen LogP contribution in [-0.4, -0.2) is 54.0 Å². The molecule has 1 aromatic carbocycles. The summed E-state index contributed by atoms with van der Waals surface area (Å²) in [5, 5.41) is 0. The molecule has 2 aliphatic heterocycles. The van der Waals surface area contributed by atoms with Gasteiger partial charge in [-0.3, -0.25) is 9.59 Å². The molecule has 0 N–H and O–H groups in total. The largest absolute Gasteiger partial charge is 0.345 e. The topological polar surface area (TPSA) is 40.6 Å². The van der Waals surface area contributed by atoms with Crippen LogP contribution in [-0.2, 0) is 9.59 Å². The average molecular weight is 332 g/mol. The summed E-state index contributed by atoms with van der Waals surface area (Å²) in [7, 11) is 1.88. The van der Waals surface area contributed by atoms with Crippen molar-refractivity contribution in [3.8, 4) is 0 Å². The van der Waals surface area contributed by atoms with E-state index in [9.17, 15) is 9.59 Å². The number of amides is 2. The first-order chi connectivity index (χ1) is 11.0. The molecule has 0 aromatic heterocycles. The number of thioether (sulfide) groups is 1. The molecule has 1 atom stereocenters. The van der Waals surface area contributed by atoms with Gasteiger partial charge in [0.2, 0.25) is 11.8 Å². The molecule has 2 heterocycles. The molecular formula is C18H24N2O2S. The highest BCUT2D eigenvalue weighted by Crippen LogP contribution is 2.40. The summed E-state index contributed by atoms with van der Waals surface area (Å²) < 4.78 is 0. The van der Waals surface area contributed by atoms with Crippen LogP contribution in [0.5, 0.6) is 0 Å². The van der Waals surface area contributed by atoms with E-state index in [-0.39, 0.29) is 17.2 Å². The maximum absolute atomic E-state index is 12.5. The third kappa shape index (κ3) is 3.25. The maximum atomic E-state index is 12.5. The summed E-state index contributed by atoms with van der Waals surface area (Å²) in [6.45, 7) is 4.22. The predicted molar refractivity (Wildman–Crippen MR) is 92.4 cm³/mol. The minimum Gasteiger partial charge on any atom is -0.345 e. The van der Waals surface area contributed by atoms with Crippen LogP contribution in [0.15, 0.2) is 29.2 Å². The first-order valence-electron chi connectivity index (χ1n) is 8.24. The van der Waals surface area contributed by atoms with Gasteiger partial charge in [-0.1, -0.05) is 18.2 Å². The lowest BCUT2D eigenvalue weighted by atomic mass is 9.78. The van der Waals surface area contributed by atoms with E-state index in [0.29, 0.717) is 18.8 Å². The van der Waals surface area contributed by atoms with E-state index in [1.165, 1.54) is 5.56 Å². The maximum Gasteiger partial charge on any atom is 0.232 e. The fraction of sp³-hybridized carbons (Fsp3) is 0.556. The normalized spacial score (nSPS) is 24.5. The minimum absolute atomic E-state index is 0.149. The summed E-state index contributed by atoms with van der Waals surface area (Å²) in [4.78, 5) is 29.9. The van der Waals surface area contributed by atoms with Crippen molar-refractivity contribution in [3.63, 3.8) is 0 Å². The van der Waals surface area contributed by atoms with Gasteiger partial charge in [0.25, 0.3) is 0 Å². The number of piperidine rings is 1. The molecule has 1 spiro atoms. The molecule has 2 saturated heterocycles. The number of aryl methyl sites for hydroxylation is 1. The lowest BCUT2D eigenvalue weighted by Gasteiger charge is -2.37. The molecule has 2 fully saturated rings. The predicted octanol–water partition coefficient (Wildman–Crippen LogP) is 2.56. The molecule has 0 radical (unpaired) electrons. The van der Waals surface area contributed by atoms with Crippen molar-refractivity contribution in [2.45, 2.75) is 31.1 Å². The Bertz CT molecular complexity index is 619. The first-order valence-corrected chi connectivity index (χ1v) is 9.22. The number of benzene rings is 1. The molecule has 1 unspecified atom stereocenters. The van der Waals surface area contributed by atoms with E-state index in [1.54, 1.807) is 11.8 Å². The van der Waals surface area contributed by atoms with E-state index < -0.39 is 0 Å². The van der Waals surface area contributed by atoms with Crippen molar-refractivity contribution in [3.05, 3.63) is 29.8 Å². The summed E-state index contributed by atoms with van der Waals surface area (Å²) in [5.41, 5.74) is 0.892. The quantitative estimate of drug-likeness (QED) is 0.799. The zero-order chi connectivity index (χ0) is 16.4. The van der Waals surface area contributed by atoms with Crippen molar-refractivity contribution in [1.29, 1.82) is 0 Å². The van der Waals surface area contributed by atoms with Gasteiger partial charge in [-0.2, -0.15) is 0 Å². The Morgan fingerprint density at radius 1 is 1.26 bits per heavy atom. The third-order valence-electron chi connectivity index (χ3n) is 5.10. The second-order valence-corrected chi connectivity index (χ2v) is 7.75. The second kappa shape index (κ2) is 6.56. The molecule has 2 amide bonds. The zero-order valence-corrected chi connectivity index (χ0v) is 14.7. The van der Waals surface area contributed by atoms with Crippen molar-refractivity contribution in [2.24, 2.45) is 5.41 Å². The molecule has 124 valence electrons. The lowest BCUT2D eigenvalue weighted by Crippen LogP contribution is -2.48. The number of hydrogen-bond acceptors (Lipinski definition) is 3. The number of carbonyl (C=O) groups is 2. The van der Waals surface area contributed by atoms with Crippen molar-refractivity contribution < 1.29 is 9.59 Å². The van der Waals surface area contributed by atoms with E-state index in [1.807, 2.05) is 29.0 Å². The summed E-state index contributed by atoms with van der Waals surface area (Å²) in [6, 6.07) is 8.13. The van der Waals surface area contributed by atoms with Gasteiger partial charge >= 0.3 is 0 Å². The van der Waals surface area contributed by atoms with E-state index in [0.717, 1.165) is 30.7 Å². The molecular weight excluding hydrogens is 308 g/mol. The van der Waals surface area contributed by atoms with Gasteiger partial charge in [0, 0.05) is 31.6 Å². The van der Waals surface area contributed by atoms with Gasteiger partial charge in [-0.25, -0.2) is 0 Å². The fourth-order valence-corrected chi connectivity index (χ4v) is 4.61. The molecule has 1 aromatic rings. The molecule has 0 saturated carbocycles. The summed E-state index contributed by atoms with van der Waals surface area (Å²) in [6.07, 6.45) is 2.78. The monoisotopic (exact) mass is 332 g/mol. The molecule has 3 rings (SSSR count). The fourth-order valence-electron chi connectivity index (χ4n) is 3.68. The average Bonchev–Trinajstić information content (AvgIpc) is 2.97. The Hall–Kier alpha value is -1.49. The number of hydrogen-bond donors (Lipinski definition) is 0. The van der Waals surface area contributed by atoms with E-state index in [2.05, 4.69) is 19.1 Å². The summed E-state index contributed by atoms with van der Waals surface area (Å²) in [5.74, 6) is 0.826. The van der Waals surface area contributed by atoms with Crippen molar-refractivity contribution >= 4 is 23.6 Å². The molecule has 23 heavy (non-hydrogen) atoms. The van der Waals surface area contributed by atoms with Crippen LogP contribution in [0.25, 0.3) is 0 Å². The van der Waals surface area contributed by atoms with Gasteiger partial charge in [0.05, 0.1) is 11.2 Å². The molecule has 2 aliphatic rings. The van der Waals surface area contributed by atoms with Crippen LogP contribution < -0.4 is 0 Å². The SMILES string of the molecule is Cc1ccccc1SCC(=O)N1CCC2(CCCN(C)C2=O)C1. The van der Waals surface area contributed by atoms with Crippen LogP contribution in [0.3, 0.4) is 0 Å². The summed E-state index contributed by atoms with van der Waals surface area (Å²) >= 11 is 1.59. The zero-order valence-electron chi connectivity index (χ0n) is 13.9. The standard InChI is InChI=1S/C18H24N2O2S/c1-14-6-3-4-7-15(14)23-12-16(21)20-11-9-18(13-20)8-5-10-19(2)17(18)22/h3-4,6-7H,5,8-13H2,1-2H3. The van der Waals surface area contributed by atoms with E-state index in [4.69, 9.17) is 0 Å². The number of likely N-dealkylation sites (tertiary alicyclic amines) is 2. The number of rotatable bonds is 3. The highest BCUT2D eigenvalue weighted by Gasteiger charge is 2.48. The van der Waals surface area contributed by atoms with Crippen LogP contribution in [0.1, 0.15) is 24.8 Å². The number of nitrogens with zero attached hydrogens (tertiary/aromatic N) is 2. The smallest absolute Gasteiger partial charge is 0.232 e. The minimum atomic E-state index is -0.310.